The van der Waals surface area contributed by atoms with Crippen molar-refractivity contribution in [1.82, 2.24) is 4.49 Å². The quantitative estimate of drug-likeness (QED) is 0.752. The van der Waals surface area contributed by atoms with Crippen molar-refractivity contribution in [3.8, 4) is 33.5 Å². The third-order valence-corrected chi connectivity index (χ3v) is 4.13. The van der Waals surface area contributed by atoms with Crippen molar-refractivity contribution in [1.29, 1.82) is 0 Å². The van der Waals surface area contributed by atoms with Gasteiger partial charge in [-0.3, -0.25) is 0 Å². The molecule has 0 aliphatic heterocycles. The molecule has 0 spiro atoms. The van der Waals surface area contributed by atoms with Crippen molar-refractivity contribution in [2.45, 2.75) is 0 Å². The first-order valence-corrected chi connectivity index (χ1v) is 7.40. The Morgan fingerprint density at radius 3 is 2.00 bits per heavy atom. The molecular weight excluding hydrogens is 300 g/mol. The molecule has 6 heteroatoms. The predicted molar refractivity (Wildman–Crippen MR) is 83.9 cm³/mol. The van der Waals surface area contributed by atoms with Crippen LogP contribution in [0.5, 0.6) is 17.4 Å². The summed E-state index contributed by atoms with van der Waals surface area (Å²) in [5, 5.41) is 10.4. The van der Waals surface area contributed by atoms with Crippen LogP contribution in [0.3, 0.4) is 0 Å². The largest absolute Gasteiger partial charge is 0.497 e. The smallest absolute Gasteiger partial charge is 0.418 e. The first-order chi connectivity index (χ1) is 10.7. The minimum Gasteiger partial charge on any atom is -0.497 e. The number of hydrogen-bond donors (Lipinski definition) is 1. The Kier molecular flexibility index (Phi) is 3.93. The van der Waals surface area contributed by atoms with Gasteiger partial charge in [-0.25, -0.2) is 0 Å². The Bertz CT molecular complexity index is 702. The predicted octanol–water partition coefficient (Wildman–Crippen LogP) is 2.81. The fraction of sp³-hybridized carbons (Fsp3) is 0.125. The Morgan fingerprint density at radius 2 is 1.45 bits per heavy atom. The van der Waals surface area contributed by atoms with E-state index in [0.717, 1.165) is 22.7 Å². The maximum absolute atomic E-state index is 10.4. The maximum Gasteiger partial charge on any atom is 0.418 e. The molecule has 0 unspecified atom stereocenters. The molecule has 2 aromatic carbocycles. The summed E-state index contributed by atoms with van der Waals surface area (Å²) >= 11 is 1.24. The monoisotopic (exact) mass is 315 g/mol. The van der Waals surface area contributed by atoms with Gasteiger partial charge >= 0.3 is 5.88 Å². The second kappa shape index (κ2) is 6.03. The molecule has 5 nitrogen and oxygen atoms in total. The zero-order valence-electron chi connectivity index (χ0n) is 12.2. The number of rotatable bonds is 4. The molecule has 0 saturated heterocycles. The molecule has 0 radical (unpaired) electrons. The fourth-order valence-corrected chi connectivity index (χ4v) is 2.82. The summed E-state index contributed by atoms with van der Waals surface area (Å²) in [6.07, 6.45) is 0. The highest BCUT2D eigenvalue weighted by Gasteiger charge is 2.25. The average molecular weight is 315 g/mol. The van der Waals surface area contributed by atoms with Crippen LogP contribution < -0.4 is 14.2 Å². The highest BCUT2D eigenvalue weighted by Crippen LogP contribution is 2.31. The summed E-state index contributed by atoms with van der Waals surface area (Å²) in [4.78, 5) is 0.707. The first kappa shape index (κ1) is 14.3. The van der Waals surface area contributed by atoms with Crippen LogP contribution in [0.1, 0.15) is 0 Å². The second-order valence-corrected chi connectivity index (χ2v) is 5.32. The van der Waals surface area contributed by atoms with E-state index in [1.165, 1.54) is 16.2 Å². The highest BCUT2D eigenvalue weighted by molar-refractivity contribution is 7.09. The first-order valence-electron chi connectivity index (χ1n) is 6.62. The van der Waals surface area contributed by atoms with Crippen molar-refractivity contribution in [2.75, 3.05) is 14.2 Å². The molecule has 1 heterocycles. The molecule has 0 aliphatic rings. The van der Waals surface area contributed by atoms with E-state index in [1.54, 1.807) is 14.2 Å². The Morgan fingerprint density at radius 1 is 0.909 bits per heavy atom. The number of hydrogen-bond acceptors (Lipinski definition) is 5. The van der Waals surface area contributed by atoms with Crippen molar-refractivity contribution in [2.24, 2.45) is 0 Å². The molecule has 1 aromatic heterocycles. The Labute approximate surface area is 132 Å². The van der Waals surface area contributed by atoms with Gasteiger partial charge in [0.1, 0.15) is 11.5 Å². The number of methoxy groups -OCH3 is 2. The number of aromatic nitrogens is 2. The standard InChI is InChI=1S/C16H14N2O3S/c1-20-13-7-3-11(4-8-13)15-16(19)18(17-22-15)12-5-9-14(21-2)10-6-12/h3-10H,1-2H3/p+1. The summed E-state index contributed by atoms with van der Waals surface area (Å²) in [6.45, 7) is 0. The van der Waals surface area contributed by atoms with E-state index in [2.05, 4.69) is 4.49 Å². The van der Waals surface area contributed by atoms with Crippen molar-refractivity contribution < 1.29 is 19.3 Å². The van der Waals surface area contributed by atoms with Crippen LogP contribution in [0, 0.1) is 0 Å². The van der Waals surface area contributed by atoms with Crippen molar-refractivity contribution in [3.05, 3.63) is 48.5 Å². The Balaban J connectivity index is 1.96. The van der Waals surface area contributed by atoms with E-state index < -0.39 is 0 Å². The molecule has 3 rings (SSSR count). The van der Waals surface area contributed by atoms with E-state index >= 15 is 0 Å². The van der Waals surface area contributed by atoms with Gasteiger partial charge in [-0.15, -0.1) is 0 Å². The van der Waals surface area contributed by atoms with Gasteiger partial charge in [-0.1, -0.05) is 0 Å². The van der Waals surface area contributed by atoms with E-state index in [1.807, 2.05) is 48.5 Å². The maximum atomic E-state index is 10.4. The van der Waals surface area contributed by atoms with E-state index in [0.29, 0.717) is 4.88 Å². The minimum atomic E-state index is 0.111. The number of nitrogens with zero attached hydrogens (tertiary/aromatic N) is 2. The SMILES string of the molecule is COc1ccc(-c2sn[n+](-c3ccc(OC)cc3)c2O)cc1. The van der Waals surface area contributed by atoms with Gasteiger partial charge in [0.15, 0.2) is 4.88 Å². The van der Waals surface area contributed by atoms with Gasteiger partial charge in [-0.05, 0) is 36.4 Å². The van der Waals surface area contributed by atoms with Crippen molar-refractivity contribution >= 4 is 11.5 Å². The zero-order valence-corrected chi connectivity index (χ0v) is 13.0. The van der Waals surface area contributed by atoms with Gasteiger partial charge in [0.05, 0.1) is 18.7 Å². The molecule has 0 atom stereocenters. The van der Waals surface area contributed by atoms with Gasteiger partial charge in [-0.2, -0.15) is 0 Å². The molecule has 1 N–H and O–H groups in total. The van der Waals surface area contributed by atoms with Gasteiger partial charge < -0.3 is 14.6 Å². The summed E-state index contributed by atoms with van der Waals surface area (Å²) in [5.74, 6) is 1.64. The third kappa shape index (κ3) is 2.60. The average Bonchev–Trinajstić information content (AvgIpc) is 2.96. The molecule has 0 saturated carbocycles. The van der Waals surface area contributed by atoms with Crippen LogP contribution >= 0.6 is 11.5 Å². The fourth-order valence-electron chi connectivity index (χ4n) is 2.07. The molecule has 0 bridgehead atoms. The second-order valence-electron chi connectivity index (χ2n) is 4.56. The summed E-state index contributed by atoms with van der Waals surface area (Å²) < 4.78 is 16.1. The summed E-state index contributed by atoms with van der Waals surface area (Å²) in [5.41, 5.74) is 1.66. The highest BCUT2D eigenvalue weighted by atomic mass is 32.1. The van der Waals surface area contributed by atoms with E-state index in [-0.39, 0.29) is 5.88 Å². The Hall–Kier alpha value is -2.60. The van der Waals surface area contributed by atoms with Gasteiger partial charge in [0.2, 0.25) is 5.69 Å². The molecule has 3 aromatic rings. The molecular formula is C16H15N2O3S+. The normalized spacial score (nSPS) is 10.5. The van der Waals surface area contributed by atoms with E-state index in [9.17, 15) is 5.11 Å². The zero-order chi connectivity index (χ0) is 15.5. The lowest BCUT2D eigenvalue weighted by molar-refractivity contribution is -0.657. The number of aromatic hydroxyl groups is 1. The van der Waals surface area contributed by atoms with Crippen molar-refractivity contribution in [3.63, 3.8) is 0 Å². The lowest BCUT2D eigenvalue weighted by Gasteiger charge is -1.99. The molecule has 112 valence electrons. The van der Waals surface area contributed by atoms with Crippen LogP contribution in [0.2, 0.25) is 0 Å². The van der Waals surface area contributed by atoms with Gasteiger partial charge in [0, 0.05) is 33.9 Å². The minimum absolute atomic E-state index is 0.111. The summed E-state index contributed by atoms with van der Waals surface area (Å²) in [7, 11) is 3.24. The molecule has 0 aliphatic carbocycles. The van der Waals surface area contributed by atoms with E-state index in [4.69, 9.17) is 9.47 Å². The molecule has 0 fully saturated rings. The van der Waals surface area contributed by atoms with Crippen LogP contribution in [-0.2, 0) is 0 Å². The lowest BCUT2D eigenvalue weighted by Crippen LogP contribution is -2.31. The third-order valence-electron chi connectivity index (χ3n) is 3.29. The number of benzene rings is 2. The van der Waals surface area contributed by atoms with Crippen LogP contribution in [0.15, 0.2) is 48.5 Å². The topological polar surface area (TPSA) is 55.5 Å². The lowest BCUT2D eigenvalue weighted by atomic mass is 10.2. The summed E-state index contributed by atoms with van der Waals surface area (Å²) in [6, 6.07) is 14.8. The molecule has 22 heavy (non-hydrogen) atoms. The van der Waals surface area contributed by atoms with Crippen LogP contribution in [-0.4, -0.2) is 23.8 Å². The van der Waals surface area contributed by atoms with Crippen LogP contribution in [0.4, 0.5) is 0 Å². The van der Waals surface area contributed by atoms with Gasteiger partial charge in [0.25, 0.3) is 0 Å². The molecule has 0 amide bonds. The van der Waals surface area contributed by atoms with Crippen LogP contribution in [0.25, 0.3) is 16.1 Å². The number of ether oxygens (including phenoxy) is 2.